The molecule has 7 heteroatoms. The summed E-state index contributed by atoms with van der Waals surface area (Å²) in [7, 11) is 0. The van der Waals surface area contributed by atoms with Crippen LogP contribution in [0.4, 0.5) is 5.69 Å². The van der Waals surface area contributed by atoms with E-state index in [1.165, 1.54) is 0 Å². The maximum atomic E-state index is 12.1. The number of piperazine rings is 1. The molecule has 0 aromatic heterocycles. The molecule has 2 amide bonds. The van der Waals surface area contributed by atoms with Crippen LogP contribution in [0.3, 0.4) is 0 Å². The van der Waals surface area contributed by atoms with Crippen LogP contribution in [-0.4, -0.2) is 48.9 Å². The quantitative estimate of drug-likeness (QED) is 0.748. The number of carbonyl (C=O) groups excluding carboxylic acids is 2. The molecule has 114 valence electrons. The molecule has 1 atom stereocenters. The summed E-state index contributed by atoms with van der Waals surface area (Å²) in [6.45, 7) is 3.85. The van der Waals surface area contributed by atoms with Crippen molar-refractivity contribution in [2.75, 3.05) is 31.5 Å². The lowest BCUT2D eigenvalue weighted by Gasteiger charge is -2.31. The molecule has 1 saturated heterocycles. The Morgan fingerprint density at radius 1 is 1.52 bits per heavy atom. The Kier molecular flexibility index (Phi) is 5.17. The van der Waals surface area contributed by atoms with E-state index in [4.69, 9.17) is 17.3 Å². The van der Waals surface area contributed by atoms with Gasteiger partial charge in [-0.2, -0.15) is 0 Å². The highest BCUT2D eigenvalue weighted by Crippen LogP contribution is 2.25. The zero-order valence-corrected chi connectivity index (χ0v) is 12.6. The number of anilines is 1. The zero-order valence-electron chi connectivity index (χ0n) is 11.9. The molecule has 0 aliphatic carbocycles. The van der Waals surface area contributed by atoms with Crippen molar-refractivity contribution in [3.63, 3.8) is 0 Å². The van der Waals surface area contributed by atoms with Crippen LogP contribution in [0, 0.1) is 6.92 Å². The van der Waals surface area contributed by atoms with Crippen LogP contribution in [0.25, 0.3) is 0 Å². The average molecular weight is 311 g/mol. The highest BCUT2D eigenvalue weighted by Gasteiger charge is 2.24. The van der Waals surface area contributed by atoms with Gasteiger partial charge >= 0.3 is 0 Å². The average Bonchev–Trinajstić information content (AvgIpc) is 2.43. The number of nitrogens with zero attached hydrogens (tertiary/aromatic N) is 1. The molecule has 1 heterocycles. The zero-order chi connectivity index (χ0) is 15.4. The van der Waals surface area contributed by atoms with E-state index >= 15 is 0 Å². The lowest BCUT2D eigenvalue weighted by atomic mass is 10.2. The van der Waals surface area contributed by atoms with Gasteiger partial charge in [0.05, 0.1) is 23.3 Å². The summed E-state index contributed by atoms with van der Waals surface area (Å²) >= 11 is 6.08. The van der Waals surface area contributed by atoms with Gasteiger partial charge in [0.1, 0.15) is 0 Å². The second kappa shape index (κ2) is 6.89. The fraction of sp³-hybridized carbons (Fsp3) is 0.429. The smallest absolute Gasteiger partial charge is 0.238 e. The van der Waals surface area contributed by atoms with E-state index in [1.54, 1.807) is 6.07 Å². The van der Waals surface area contributed by atoms with E-state index in [2.05, 4.69) is 10.6 Å². The normalized spacial score (nSPS) is 19.2. The van der Waals surface area contributed by atoms with E-state index in [-0.39, 0.29) is 12.5 Å². The van der Waals surface area contributed by atoms with Crippen molar-refractivity contribution in [2.24, 2.45) is 5.73 Å². The van der Waals surface area contributed by atoms with Crippen LogP contribution in [0.1, 0.15) is 5.56 Å². The van der Waals surface area contributed by atoms with Gasteiger partial charge in [-0.3, -0.25) is 14.5 Å². The van der Waals surface area contributed by atoms with Crippen molar-refractivity contribution in [2.45, 2.75) is 13.0 Å². The highest BCUT2D eigenvalue weighted by molar-refractivity contribution is 6.33. The van der Waals surface area contributed by atoms with Gasteiger partial charge < -0.3 is 16.4 Å². The maximum Gasteiger partial charge on any atom is 0.238 e. The van der Waals surface area contributed by atoms with Gasteiger partial charge in [0.25, 0.3) is 0 Å². The summed E-state index contributed by atoms with van der Waals surface area (Å²) in [4.78, 5) is 25.2. The molecule has 0 saturated carbocycles. The molecule has 1 fully saturated rings. The Labute approximate surface area is 128 Å². The summed E-state index contributed by atoms with van der Waals surface area (Å²) in [5.41, 5.74) is 6.82. The molecule has 0 spiro atoms. The largest absolute Gasteiger partial charge is 0.368 e. The number of rotatable bonds is 4. The van der Waals surface area contributed by atoms with Crippen LogP contribution < -0.4 is 16.4 Å². The fourth-order valence-electron chi connectivity index (χ4n) is 2.32. The van der Waals surface area contributed by atoms with E-state index in [1.807, 2.05) is 24.0 Å². The Morgan fingerprint density at radius 2 is 2.29 bits per heavy atom. The first-order chi connectivity index (χ1) is 9.97. The van der Waals surface area contributed by atoms with Crippen molar-refractivity contribution in [3.8, 4) is 0 Å². The molecule has 1 aromatic rings. The lowest BCUT2D eigenvalue weighted by molar-refractivity contribution is -0.123. The van der Waals surface area contributed by atoms with Crippen molar-refractivity contribution in [3.05, 3.63) is 28.8 Å². The van der Waals surface area contributed by atoms with E-state index < -0.39 is 11.9 Å². The molecule has 0 bridgehead atoms. The first-order valence-corrected chi connectivity index (χ1v) is 7.15. The third kappa shape index (κ3) is 4.17. The number of halogens is 1. The van der Waals surface area contributed by atoms with E-state index in [0.717, 1.165) is 5.56 Å². The van der Waals surface area contributed by atoms with Gasteiger partial charge in [-0.25, -0.2) is 0 Å². The molecular weight excluding hydrogens is 292 g/mol. The Hall–Kier alpha value is -1.63. The second-order valence-electron chi connectivity index (χ2n) is 5.12. The molecule has 2 rings (SSSR count). The molecule has 6 nitrogen and oxygen atoms in total. The topological polar surface area (TPSA) is 87.5 Å². The second-order valence-corrected chi connectivity index (χ2v) is 5.53. The lowest BCUT2D eigenvalue weighted by Crippen LogP contribution is -2.57. The monoisotopic (exact) mass is 310 g/mol. The molecule has 1 aliphatic rings. The minimum absolute atomic E-state index is 0.156. The standard InChI is InChI=1S/C14H19ClN4O2/c1-9-3-2-4-10(15)13(9)18-12(20)8-19-6-5-17-11(7-19)14(16)21/h2-4,11,17H,5-8H2,1H3,(H2,16,21)(H,18,20). The predicted octanol–water partition coefficient (Wildman–Crippen LogP) is 0.346. The number of nitrogens with one attached hydrogen (secondary N) is 2. The van der Waals surface area contributed by atoms with Crippen molar-refractivity contribution < 1.29 is 9.59 Å². The summed E-state index contributed by atoms with van der Waals surface area (Å²) in [6, 6.07) is 5.04. The number of nitrogens with two attached hydrogens (primary N) is 1. The highest BCUT2D eigenvalue weighted by atomic mass is 35.5. The SMILES string of the molecule is Cc1cccc(Cl)c1NC(=O)CN1CCNC(C(N)=O)C1. The van der Waals surface area contributed by atoms with Crippen LogP contribution in [0.2, 0.25) is 5.02 Å². The molecule has 1 aromatic carbocycles. The number of hydrogen-bond acceptors (Lipinski definition) is 4. The number of aryl methyl sites for hydroxylation is 1. The van der Waals surface area contributed by atoms with Gasteiger partial charge in [-0.1, -0.05) is 23.7 Å². The molecular formula is C14H19ClN4O2. The van der Waals surface area contributed by atoms with Gasteiger partial charge in [-0.15, -0.1) is 0 Å². The molecule has 0 radical (unpaired) electrons. The van der Waals surface area contributed by atoms with E-state index in [0.29, 0.717) is 30.3 Å². The van der Waals surface area contributed by atoms with Crippen LogP contribution >= 0.6 is 11.6 Å². The summed E-state index contributed by atoms with van der Waals surface area (Å²) in [5.74, 6) is -0.557. The number of hydrogen-bond donors (Lipinski definition) is 3. The number of amides is 2. The third-order valence-corrected chi connectivity index (χ3v) is 3.77. The minimum atomic E-state index is -0.409. The van der Waals surface area contributed by atoms with Crippen molar-refractivity contribution in [1.29, 1.82) is 0 Å². The van der Waals surface area contributed by atoms with Crippen LogP contribution in [0.5, 0.6) is 0 Å². The van der Waals surface area contributed by atoms with Crippen molar-refractivity contribution >= 4 is 29.1 Å². The maximum absolute atomic E-state index is 12.1. The van der Waals surface area contributed by atoms with Gasteiger partial charge in [0.15, 0.2) is 0 Å². The number of para-hydroxylation sites is 1. The number of benzene rings is 1. The summed E-state index contributed by atoms with van der Waals surface area (Å²) in [6.07, 6.45) is 0. The minimum Gasteiger partial charge on any atom is -0.368 e. The number of carbonyl (C=O) groups is 2. The Balaban J connectivity index is 1.94. The van der Waals surface area contributed by atoms with Gasteiger partial charge in [0.2, 0.25) is 11.8 Å². The molecule has 1 unspecified atom stereocenters. The molecule has 4 N–H and O–H groups in total. The first-order valence-electron chi connectivity index (χ1n) is 6.77. The third-order valence-electron chi connectivity index (χ3n) is 3.46. The van der Waals surface area contributed by atoms with Crippen LogP contribution in [0.15, 0.2) is 18.2 Å². The Bertz CT molecular complexity index is 530. The van der Waals surface area contributed by atoms with Gasteiger partial charge in [0, 0.05) is 19.6 Å². The van der Waals surface area contributed by atoms with Crippen molar-refractivity contribution in [1.82, 2.24) is 10.2 Å². The summed E-state index contributed by atoms with van der Waals surface area (Å²) < 4.78 is 0. The summed E-state index contributed by atoms with van der Waals surface area (Å²) in [5, 5.41) is 6.35. The fourth-order valence-corrected chi connectivity index (χ4v) is 2.59. The molecule has 1 aliphatic heterocycles. The van der Waals surface area contributed by atoms with Crippen LogP contribution in [-0.2, 0) is 9.59 Å². The number of primary amides is 1. The van der Waals surface area contributed by atoms with E-state index in [9.17, 15) is 9.59 Å². The first kappa shape index (κ1) is 15.8. The predicted molar refractivity (Wildman–Crippen MR) is 82.2 cm³/mol. The Morgan fingerprint density at radius 3 is 2.95 bits per heavy atom. The van der Waals surface area contributed by atoms with Gasteiger partial charge in [-0.05, 0) is 18.6 Å². The molecule has 21 heavy (non-hydrogen) atoms.